The molecule has 2 bridgehead atoms. The molecular weight excluding hydrogens is 212 g/mol. The lowest BCUT2D eigenvalue weighted by Gasteiger charge is -2.27. The van der Waals surface area contributed by atoms with Crippen LogP contribution in [-0.4, -0.2) is 23.6 Å². The minimum Gasteiger partial charge on any atom is -0.382 e. The van der Waals surface area contributed by atoms with Crippen molar-refractivity contribution in [2.45, 2.75) is 25.7 Å². The number of aromatic nitrogens is 2. The third-order valence-corrected chi connectivity index (χ3v) is 4.44. The summed E-state index contributed by atoms with van der Waals surface area (Å²) >= 11 is 0. The Hall–Kier alpha value is -1.32. The minimum absolute atomic E-state index is 0.488. The average molecular weight is 232 g/mol. The van der Waals surface area contributed by atoms with Gasteiger partial charge in [-0.2, -0.15) is 0 Å². The fourth-order valence-electron chi connectivity index (χ4n) is 3.57. The van der Waals surface area contributed by atoms with Crippen molar-refractivity contribution < 1.29 is 0 Å². The molecule has 0 amide bonds. The van der Waals surface area contributed by atoms with Crippen LogP contribution >= 0.6 is 0 Å². The van der Waals surface area contributed by atoms with Crippen molar-refractivity contribution in [3.8, 4) is 0 Å². The van der Waals surface area contributed by atoms with E-state index >= 15 is 0 Å². The highest BCUT2D eigenvalue weighted by atomic mass is 15.2. The Bertz CT molecular complexity index is 389. The molecule has 0 saturated heterocycles. The van der Waals surface area contributed by atoms with Gasteiger partial charge in [0.15, 0.2) is 0 Å². The van der Waals surface area contributed by atoms with Crippen molar-refractivity contribution in [3.05, 3.63) is 12.4 Å². The van der Waals surface area contributed by atoms with Gasteiger partial charge < -0.3 is 10.6 Å². The van der Waals surface area contributed by atoms with Gasteiger partial charge in [0.05, 0.1) is 12.4 Å². The quantitative estimate of drug-likeness (QED) is 0.865. The second-order valence-corrected chi connectivity index (χ2v) is 5.61. The van der Waals surface area contributed by atoms with Crippen molar-refractivity contribution >= 4 is 11.6 Å². The third-order valence-electron chi connectivity index (χ3n) is 4.44. The Balaban J connectivity index is 1.63. The zero-order valence-corrected chi connectivity index (χ0v) is 10.3. The van der Waals surface area contributed by atoms with Crippen LogP contribution in [0.3, 0.4) is 0 Å². The summed E-state index contributed by atoms with van der Waals surface area (Å²) in [6.07, 6.45) is 9.18. The number of nitrogens with zero attached hydrogens (tertiary/aromatic N) is 3. The molecule has 17 heavy (non-hydrogen) atoms. The van der Waals surface area contributed by atoms with Crippen molar-refractivity contribution in [3.63, 3.8) is 0 Å². The van der Waals surface area contributed by atoms with Crippen molar-refractivity contribution in [1.82, 2.24) is 9.97 Å². The van der Waals surface area contributed by atoms with Gasteiger partial charge in [0.2, 0.25) is 0 Å². The number of rotatable bonds is 3. The molecule has 92 valence electrons. The molecule has 4 nitrogen and oxygen atoms in total. The van der Waals surface area contributed by atoms with Crippen molar-refractivity contribution in [2.24, 2.45) is 17.8 Å². The van der Waals surface area contributed by atoms with Crippen LogP contribution in [0.15, 0.2) is 12.4 Å². The van der Waals surface area contributed by atoms with Crippen LogP contribution in [-0.2, 0) is 0 Å². The molecule has 2 saturated carbocycles. The van der Waals surface area contributed by atoms with E-state index in [0.29, 0.717) is 5.82 Å². The molecule has 2 aliphatic carbocycles. The van der Waals surface area contributed by atoms with Gasteiger partial charge in [0.1, 0.15) is 11.6 Å². The number of hydrogen-bond donors (Lipinski definition) is 1. The maximum atomic E-state index is 5.55. The Kier molecular flexibility index (Phi) is 2.65. The van der Waals surface area contributed by atoms with E-state index in [-0.39, 0.29) is 0 Å². The highest BCUT2D eigenvalue weighted by Crippen LogP contribution is 2.48. The molecule has 2 N–H and O–H groups in total. The average Bonchev–Trinajstić information content (AvgIpc) is 2.91. The van der Waals surface area contributed by atoms with Crippen LogP contribution in [0.5, 0.6) is 0 Å². The summed E-state index contributed by atoms with van der Waals surface area (Å²) in [5.74, 6) is 4.25. The number of hydrogen-bond acceptors (Lipinski definition) is 4. The zero-order valence-electron chi connectivity index (χ0n) is 10.3. The van der Waals surface area contributed by atoms with Gasteiger partial charge in [-0.1, -0.05) is 6.42 Å². The molecular formula is C13H20N4. The molecule has 1 aromatic rings. The van der Waals surface area contributed by atoms with E-state index in [1.54, 1.807) is 12.4 Å². The molecule has 1 heterocycles. The summed E-state index contributed by atoms with van der Waals surface area (Å²) in [5.41, 5.74) is 5.55. The predicted octanol–water partition coefficient (Wildman–Crippen LogP) is 1.93. The maximum Gasteiger partial charge on any atom is 0.146 e. The summed E-state index contributed by atoms with van der Waals surface area (Å²) in [4.78, 5) is 10.6. The van der Waals surface area contributed by atoms with Crippen LogP contribution in [0.2, 0.25) is 0 Å². The van der Waals surface area contributed by atoms with Gasteiger partial charge in [0.25, 0.3) is 0 Å². The first-order valence-electron chi connectivity index (χ1n) is 6.51. The minimum atomic E-state index is 0.488. The first-order valence-corrected chi connectivity index (χ1v) is 6.51. The van der Waals surface area contributed by atoms with Gasteiger partial charge >= 0.3 is 0 Å². The highest BCUT2D eigenvalue weighted by molar-refractivity contribution is 5.38. The summed E-state index contributed by atoms with van der Waals surface area (Å²) < 4.78 is 0. The van der Waals surface area contributed by atoms with Crippen LogP contribution in [0.4, 0.5) is 11.6 Å². The molecule has 3 unspecified atom stereocenters. The van der Waals surface area contributed by atoms with E-state index in [9.17, 15) is 0 Å². The molecule has 0 aromatic carbocycles. The summed E-state index contributed by atoms with van der Waals surface area (Å²) in [5, 5.41) is 0. The second-order valence-electron chi connectivity index (χ2n) is 5.61. The van der Waals surface area contributed by atoms with Crippen LogP contribution < -0.4 is 10.6 Å². The molecule has 0 radical (unpaired) electrons. The van der Waals surface area contributed by atoms with Crippen LogP contribution in [0, 0.1) is 17.8 Å². The van der Waals surface area contributed by atoms with E-state index in [4.69, 9.17) is 5.73 Å². The first-order chi connectivity index (χ1) is 8.22. The fraction of sp³-hybridized carbons (Fsp3) is 0.692. The SMILES string of the molecule is CN(CC1CC2CCC1C2)c1cnc(N)cn1. The lowest BCUT2D eigenvalue weighted by molar-refractivity contribution is 0.337. The molecule has 0 spiro atoms. The van der Waals surface area contributed by atoms with Crippen molar-refractivity contribution in [2.75, 3.05) is 24.2 Å². The molecule has 2 fully saturated rings. The smallest absolute Gasteiger partial charge is 0.146 e. The summed E-state index contributed by atoms with van der Waals surface area (Å²) in [6, 6.07) is 0. The highest BCUT2D eigenvalue weighted by Gasteiger charge is 2.39. The first kappa shape index (κ1) is 10.8. The van der Waals surface area contributed by atoms with E-state index < -0.39 is 0 Å². The lowest BCUT2D eigenvalue weighted by Crippen LogP contribution is -2.29. The molecule has 3 rings (SSSR count). The van der Waals surface area contributed by atoms with Gasteiger partial charge in [-0.05, 0) is 37.0 Å². The Labute approximate surface area is 102 Å². The van der Waals surface area contributed by atoms with E-state index in [0.717, 1.165) is 30.1 Å². The van der Waals surface area contributed by atoms with E-state index in [1.807, 2.05) is 0 Å². The molecule has 0 aliphatic heterocycles. The standard InChI is InChI=1S/C13H20N4/c1-17(13-7-15-12(14)6-16-13)8-11-5-9-2-3-10(11)4-9/h6-7,9-11H,2-5,8H2,1H3,(H2,14,15). The number of anilines is 2. The molecule has 3 atom stereocenters. The second kappa shape index (κ2) is 4.17. The van der Waals surface area contributed by atoms with Crippen molar-refractivity contribution in [1.29, 1.82) is 0 Å². The Morgan fingerprint density at radius 1 is 1.29 bits per heavy atom. The zero-order chi connectivity index (χ0) is 11.8. The predicted molar refractivity (Wildman–Crippen MR) is 68.7 cm³/mol. The van der Waals surface area contributed by atoms with Gasteiger partial charge in [-0.25, -0.2) is 9.97 Å². The van der Waals surface area contributed by atoms with E-state index in [1.165, 1.54) is 25.7 Å². The third kappa shape index (κ3) is 2.08. The Morgan fingerprint density at radius 3 is 2.76 bits per heavy atom. The molecule has 2 aliphatic rings. The molecule has 1 aromatic heterocycles. The van der Waals surface area contributed by atoms with E-state index in [2.05, 4.69) is 21.9 Å². The number of nitrogens with two attached hydrogens (primary N) is 1. The fourth-order valence-corrected chi connectivity index (χ4v) is 3.57. The van der Waals surface area contributed by atoms with Gasteiger partial charge in [-0.15, -0.1) is 0 Å². The van der Waals surface area contributed by atoms with Crippen LogP contribution in [0.1, 0.15) is 25.7 Å². The monoisotopic (exact) mass is 232 g/mol. The van der Waals surface area contributed by atoms with Gasteiger partial charge in [0, 0.05) is 13.6 Å². The number of nitrogen functional groups attached to an aromatic ring is 1. The Morgan fingerprint density at radius 2 is 2.18 bits per heavy atom. The number of fused-ring (bicyclic) bond motifs is 2. The normalized spacial score (nSPS) is 30.8. The largest absolute Gasteiger partial charge is 0.382 e. The lowest BCUT2D eigenvalue weighted by atomic mass is 9.88. The topological polar surface area (TPSA) is 55.0 Å². The van der Waals surface area contributed by atoms with Gasteiger partial charge in [-0.3, -0.25) is 0 Å². The maximum absolute atomic E-state index is 5.55. The molecule has 4 heteroatoms. The summed E-state index contributed by atoms with van der Waals surface area (Å²) in [6.45, 7) is 1.11. The summed E-state index contributed by atoms with van der Waals surface area (Å²) in [7, 11) is 2.10. The van der Waals surface area contributed by atoms with Crippen LogP contribution in [0.25, 0.3) is 0 Å².